The van der Waals surface area contributed by atoms with E-state index in [1.807, 2.05) is 0 Å². The summed E-state index contributed by atoms with van der Waals surface area (Å²) >= 11 is 0. The Balaban J connectivity index is 1.48. The highest BCUT2D eigenvalue weighted by Crippen LogP contribution is 2.18. The average molecular weight is 343 g/mol. The molecule has 25 heavy (non-hydrogen) atoms. The van der Waals surface area contributed by atoms with Crippen LogP contribution < -0.4 is 10.6 Å². The number of hydrogen-bond acceptors (Lipinski definition) is 3. The van der Waals surface area contributed by atoms with Crippen LogP contribution in [0.25, 0.3) is 0 Å². The van der Waals surface area contributed by atoms with E-state index in [1.165, 1.54) is 5.56 Å². The van der Waals surface area contributed by atoms with Gasteiger partial charge >= 0.3 is 0 Å². The van der Waals surface area contributed by atoms with Crippen LogP contribution in [0, 0.1) is 0 Å². The maximum absolute atomic E-state index is 11.9. The van der Waals surface area contributed by atoms with Crippen LogP contribution in [-0.2, 0) is 11.3 Å². The second-order valence-corrected chi connectivity index (χ2v) is 6.76. The molecular weight excluding hydrogens is 314 g/mol. The Morgan fingerprint density at radius 1 is 1.16 bits per heavy atom. The molecule has 1 aromatic carbocycles. The van der Waals surface area contributed by atoms with Crippen LogP contribution in [0.4, 0.5) is 0 Å². The van der Waals surface area contributed by atoms with E-state index >= 15 is 0 Å². The highest BCUT2D eigenvalue weighted by Gasteiger charge is 2.23. The van der Waals surface area contributed by atoms with Gasteiger partial charge in [0.2, 0.25) is 5.91 Å². The number of aliphatic imine (C=N–C) groups is 1. The summed E-state index contributed by atoms with van der Waals surface area (Å²) < 4.78 is 0. The smallest absolute Gasteiger partial charge is 0.242 e. The predicted molar refractivity (Wildman–Crippen MR) is 100 cm³/mol. The van der Waals surface area contributed by atoms with Gasteiger partial charge < -0.3 is 15.5 Å². The molecule has 1 aliphatic heterocycles. The fraction of sp³-hybridized carbons (Fsp3) is 0.579. The Labute approximate surface area is 150 Å². The third kappa shape index (κ3) is 5.74. The summed E-state index contributed by atoms with van der Waals surface area (Å²) in [4.78, 5) is 21.1. The molecule has 2 N–H and O–H groups in total. The molecule has 6 nitrogen and oxygen atoms in total. The molecule has 0 unspecified atom stereocenters. The number of rotatable bonds is 6. The lowest BCUT2D eigenvalue weighted by Crippen LogP contribution is -2.52. The van der Waals surface area contributed by atoms with Gasteiger partial charge in [-0.3, -0.25) is 9.69 Å². The van der Waals surface area contributed by atoms with Crippen molar-refractivity contribution in [3.63, 3.8) is 0 Å². The minimum atomic E-state index is 0.0283. The molecule has 1 amide bonds. The predicted octanol–water partition coefficient (Wildman–Crippen LogP) is 1.05. The molecule has 136 valence electrons. The van der Waals surface area contributed by atoms with Crippen molar-refractivity contribution in [3.05, 3.63) is 35.9 Å². The first kappa shape index (κ1) is 17.7. The molecule has 1 saturated heterocycles. The maximum Gasteiger partial charge on any atom is 0.242 e. The van der Waals surface area contributed by atoms with Crippen molar-refractivity contribution in [2.45, 2.75) is 32.4 Å². The Kier molecular flexibility index (Phi) is 6.28. The summed E-state index contributed by atoms with van der Waals surface area (Å²) in [5.74, 6) is 0.883. The van der Waals surface area contributed by atoms with Crippen LogP contribution in [-0.4, -0.2) is 67.0 Å². The first-order chi connectivity index (χ1) is 12.2. The summed E-state index contributed by atoms with van der Waals surface area (Å²) in [6.45, 7) is 7.96. The van der Waals surface area contributed by atoms with Gasteiger partial charge in [-0.15, -0.1) is 0 Å². The molecule has 0 atom stereocenters. The van der Waals surface area contributed by atoms with Crippen molar-refractivity contribution in [3.8, 4) is 0 Å². The van der Waals surface area contributed by atoms with Crippen molar-refractivity contribution in [2.75, 3.05) is 39.3 Å². The molecule has 2 fully saturated rings. The summed E-state index contributed by atoms with van der Waals surface area (Å²) in [7, 11) is 0. The molecule has 0 bridgehead atoms. The highest BCUT2D eigenvalue weighted by atomic mass is 16.2. The van der Waals surface area contributed by atoms with E-state index in [-0.39, 0.29) is 12.5 Å². The number of amides is 1. The standard InChI is InChI=1S/C19H29N5O/c1-2-20-19(21-14-18(25)22-17-8-9-17)24-12-10-23(11-13-24)15-16-6-4-3-5-7-16/h3-7,17H,2,8-15H2,1H3,(H,20,21)(H,22,25). The fourth-order valence-electron chi connectivity index (χ4n) is 3.03. The molecule has 2 aliphatic rings. The van der Waals surface area contributed by atoms with Gasteiger partial charge in [-0.25, -0.2) is 4.99 Å². The highest BCUT2D eigenvalue weighted by molar-refractivity contribution is 5.85. The molecule has 1 aromatic rings. The molecule has 0 radical (unpaired) electrons. The van der Waals surface area contributed by atoms with Crippen LogP contribution in [0.2, 0.25) is 0 Å². The minimum Gasteiger partial charge on any atom is -0.357 e. The van der Waals surface area contributed by atoms with E-state index < -0.39 is 0 Å². The number of guanidine groups is 1. The molecule has 1 aliphatic carbocycles. The third-order valence-corrected chi connectivity index (χ3v) is 4.57. The Morgan fingerprint density at radius 3 is 2.52 bits per heavy atom. The zero-order valence-electron chi connectivity index (χ0n) is 15.1. The zero-order valence-corrected chi connectivity index (χ0v) is 15.1. The van der Waals surface area contributed by atoms with Crippen LogP contribution in [0.5, 0.6) is 0 Å². The van der Waals surface area contributed by atoms with Gasteiger partial charge in [0.25, 0.3) is 0 Å². The monoisotopic (exact) mass is 343 g/mol. The topological polar surface area (TPSA) is 60.0 Å². The number of piperazine rings is 1. The first-order valence-corrected chi connectivity index (χ1v) is 9.33. The van der Waals surface area contributed by atoms with E-state index in [0.717, 1.165) is 58.1 Å². The van der Waals surface area contributed by atoms with Crippen LogP contribution >= 0.6 is 0 Å². The summed E-state index contributed by atoms with van der Waals surface area (Å²) in [6.07, 6.45) is 2.22. The molecular formula is C19H29N5O. The second-order valence-electron chi connectivity index (χ2n) is 6.76. The number of carbonyl (C=O) groups excluding carboxylic acids is 1. The van der Waals surface area contributed by atoms with Gasteiger partial charge in [0.05, 0.1) is 0 Å². The van der Waals surface area contributed by atoms with Crippen LogP contribution in [0.15, 0.2) is 35.3 Å². The molecule has 1 saturated carbocycles. The Morgan fingerprint density at radius 2 is 1.88 bits per heavy atom. The van der Waals surface area contributed by atoms with Crippen molar-refractivity contribution < 1.29 is 4.79 Å². The maximum atomic E-state index is 11.9. The average Bonchev–Trinajstić information content (AvgIpc) is 3.44. The van der Waals surface area contributed by atoms with E-state index in [4.69, 9.17) is 0 Å². The molecule has 0 spiro atoms. The van der Waals surface area contributed by atoms with Gasteiger partial charge in [-0.1, -0.05) is 30.3 Å². The molecule has 1 heterocycles. The van der Waals surface area contributed by atoms with Crippen LogP contribution in [0.1, 0.15) is 25.3 Å². The normalized spacial score (nSPS) is 18.9. The Hall–Kier alpha value is -2.08. The third-order valence-electron chi connectivity index (χ3n) is 4.57. The fourth-order valence-corrected chi connectivity index (χ4v) is 3.03. The quantitative estimate of drug-likeness (QED) is 0.599. The van der Waals surface area contributed by atoms with E-state index in [9.17, 15) is 4.79 Å². The largest absolute Gasteiger partial charge is 0.357 e. The Bertz CT molecular complexity index is 577. The van der Waals surface area contributed by atoms with E-state index in [2.05, 4.69) is 62.7 Å². The van der Waals surface area contributed by atoms with E-state index in [1.54, 1.807) is 0 Å². The van der Waals surface area contributed by atoms with Crippen molar-refractivity contribution in [2.24, 2.45) is 4.99 Å². The van der Waals surface area contributed by atoms with Gasteiger partial charge in [-0.2, -0.15) is 0 Å². The van der Waals surface area contributed by atoms with Crippen molar-refractivity contribution >= 4 is 11.9 Å². The number of nitrogens with zero attached hydrogens (tertiary/aromatic N) is 3. The SMILES string of the molecule is CCNC(=NCC(=O)NC1CC1)N1CCN(Cc2ccccc2)CC1. The number of nitrogens with one attached hydrogen (secondary N) is 2. The lowest BCUT2D eigenvalue weighted by molar-refractivity contribution is -0.119. The second kappa shape index (κ2) is 8.85. The molecule has 0 aromatic heterocycles. The van der Waals surface area contributed by atoms with Crippen LogP contribution in [0.3, 0.4) is 0 Å². The number of hydrogen-bond donors (Lipinski definition) is 2. The molecule has 3 rings (SSSR count). The number of carbonyl (C=O) groups is 1. The minimum absolute atomic E-state index is 0.0283. The molecule has 6 heteroatoms. The lowest BCUT2D eigenvalue weighted by atomic mass is 10.2. The number of benzene rings is 1. The van der Waals surface area contributed by atoms with Gasteiger partial charge in [-0.05, 0) is 25.3 Å². The van der Waals surface area contributed by atoms with Crippen molar-refractivity contribution in [1.29, 1.82) is 0 Å². The van der Waals surface area contributed by atoms with E-state index in [0.29, 0.717) is 6.04 Å². The first-order valence-electron chi connectivity index (χ1n) is 9.33. The van der Waals surface area contributed by atoms with Gasteiger partial charge in [0.1, 0.15) is 6.54 Å². The summed E-state index contributed by atoms with van der Waals surface area (Å²) in [6, 6.07) is 11.0. The van der Waals surface area contributed by atoms with Gasteiger partial charge in [0, 0.05) is 45.3 Å². The lowest BCUT2D eigenvalue weighted by Gasteiger charge is -2.36. The summed E-state index contributed by atoms with van der Waals surface area (Å²) in [5.41, 5.74) is 1.35. The zero-order chi connectivity index (χ0) is 17.5. The van der Waals surface area contributed by atoms with Gasteiger partial charge in [0.15, 0.2) is 5.96 Å². The van der Waals surface area contributed by atoms with Crippen molar-refractivity contribution in [1.82, 2.24) is 20.4 Å². The summed E-state index contributed by atoms with van der Waals surface area (Å²) in [5, 5.41) is 6.31.